The van der Waals surface area contributed by atoms with Crippen molar-refractivity contribution in [1.29, 1.82) is 0 Å². The van der Waals surface area contributed by atoms with Gasteiger partial charge in [-0.1, -0.05) is 24.3 Å². The second kappa shape index (κ2) is 23.0. The molecule has 5 rings (SSSR count). The summed E-state index contributed by atoms with van der Waals surface area (Å²) in [4.78, 5) is 57.6. The molecule has 18 nitrogen and oxygen atoms in total. The minimum atomic E-state index is -1.34. The molecule has 0 radical (unpaired) electrons. The average molecular weight is 757 g/mol. The normalized spacial score (nSPS) is 8.55. The molecule has 0 aliphatic carbocycles. The fourth-order valence-corrected chi connectivity index (χ4v) is 3.46. The Morgan fingerprint density at radius 3 is 1.04 bits per heavy atom. The van der Waals surface area contributed by atoms with Gasteiger partial charge in [0, 0.05) is 34.6 Å². The summed E-state index contributed by atoms with van der Waals surface area (Å²) in [5.41, 5.74) is 2.58. The van der Waals surface area contributed by atoms with E-state index in [2.05, 4.69) is 44.2 Å². The van der Waals surface area contributed by atoms with Crippen molar-refractivity contribution in [3.8, 4) is 0 Å². The topological polar surface area (TPSA) is 390 Å². The van der Waals surface area contributed by atoms with Crippen LogP contribution in [0.5, 0.6) is 0 Å². The third kappa shape index (κ3) is 13.3. The van der Waals surface area contributed by atoms with Gasteiger partial charge in [-0.2, -0.15) is 0 Å². The number of aromatic carboxylic acids is 4. The Labute approximate surface area is 278 Å². The number of nitrogens with zero attached hydrogens (tertiary/aromatic N) is 4. The van der Waals surface area contributed by atoms with Crippen LogP contribution in [-0.4, -0.2) is 97.1 Å². The van der Waals surface area contributed by atoms with Crippen molar-refractivity contribution >= 4 is 45.7 Å². The molecule has 5 aromatic rings. The summed E-state index contributed by atoms with van der Waals surface area (Å²) in [5.74, 6) is -5.26. The van der Waals surface area contributed by atoms with E-state index in [9.17, 15) is 19.2 Å². The van der Waals surface area contributed by atoms with E-state index in [-0.39, 0.29) is 64.4 Å². The molecule has 0 fully saturated rings. The zero-order chi connectivity index (χ0) is 29.4. The van der Waals surface area contributed by atoms with Crippen LogP contribution in [0.25, 0.3) is 21.8 Å². The van der Waals surface area contributed by atoms with Crippen LogP contribution in [-0.2, 0) is 20.4 Å². The Kier molecular flexibility index (Phi) is 25.1. The number of hydrogen-bond donors (Lipinski definition) is 4. The van der Waals surface area contributed by atoms with Crippen molar-refractivity contribution in [2.45, 2.75) is 13.8 Å². The van der Waals surface area contributed by atoms with E-state index in [0.29, 0.717) is 0 Å². The Balaban J connectivity index is -0.000000177. The van der Waals surface area contributed by atoms with E-state index in [1.807, 2.05) is 26.0 Å². The van der Waals surface area contributed by atoms with Gasteiger partial charge >= 0.3 is 44.3 Å². The van der Waals surface area contributed by atoms with Crippen LogP contribution >= 0.6 is 0 Å². The molecule has 4 aromatic heterocycles. The van der Waals surface area contributed by atoms with Gasteiger partial charge in [0.15, 0.2) is 11.4 Å². The van der Waals surface area contributed by atoms with Gasteiger partial charge in [0.2, 0.25) is 0 Å². The van der Waals surface area contributed by atoms with Crippen molar-refractivity contribution in [2.75, 3.05) is 0 Å². The first kappa shape index (κ1) is 51.2. The van der Waals surface area contributed by atoms with Crippen molar-refractivity contribution in [2.24, 2.45) is 0 Å². The third-order valence-electron chi connectivity index (χ3n) is 5.28. The smallest absolute Gasteiger partial charge is 0.478 e. The molecule has 0 amide bonds. The molecule has 4 heterocycles. The molecule has 0 spiro atoms. The third-order valence-corrected chi connectivity index (χ3v) is 5.28. The van der Waals surface area contributed by atoms with Crippen LogP contribution in [0.15, 0.2) is 73.1 Å². The maximum absolute atomic E-state index is 10.4. The van der Waals surface area contributed by atoms with Crippen LogP contribution in [0.3, 0.4) is 0 Å². The molecule has 19 heteroatoms. The monoisotopic (exact) mass is 756 g/mol. The zero-order valence-corrected chi connectivity index (χ0v) is 26.0. The Bertz CT molecular complexity index is 1580. The SMILES string of the molecule is Cc1ccc2ccc3ccc(C)nc3c2n1.O.O.O.O.O.O.O=C(O)c1cccnc1C(=O)O.O=C(O)c1cccnc1C(=O)O.[Pd+2]. The number of carboxylic acids is 4. The van der Waals surface area contributed by atoms with Crippen LogP contribution in [0, 0.1) is 13.8 Å². The maximum atomic E-state index is 10.4. The van der Waals surface area contributed by atoms with E-state index >= 15 is 0 Å². The van der Waals surface area contributed by atoms with E-state index < -0.39 is 35.3 Å². The first-order chi connectivity index (χ1) is 19.0. The van der Waals surface area contributed by atoms with E-state index in [4.69, 9.17) is 20.4 Å². The number of pyridine rings is 4. The number of fused-ring (bicyclic) bond motifs is 3. The quantitative estimate of drug-likeness (QED) is 0.132. The molecular weight excluding hydrogens is 723 g/mol. The molecule has 0 saturated carbocycles. The van der Waals surface area contributed by atoms with Gasteiger partial charge in [0.25, 0.3) is 0 Å². The van der Waals surface area contributed by atoms with E-state index in [1.54, 1.807) is 0 Å². The molecule has 0 unspecified atom stereocenters. The Hall–Kier alpha value is -5.36. The summed E-state index contributed by atoms with van der Waals surface area (Å²) in [6.45, 7) is 4.02. The van der Waals surface area contributed by atoms with Gasteiger partial charge < -0.3 is 53.3 Å². The fraction of sp³-hybridized carbons (Fsp3) is 0.0714. The summed E-state index contributed by atoms with van der Waals surface area (Å²) in [7, 11) is 0. The summed E-state index contributed by atoms with van der Waals surface area (Å²) < 4.78 is 0. The van der Waals surface area contributed by atoms with Crippen molar-refractivity contribution in [3.05, 3.63) is 107 Å². The van der Waals surface area contributed by atoms with Crippen molar-refractivity contribution in [1.82, 2.24) is 19.9 Å². The second-order valence-electron chi connectivity index (χ2n) is 8.13. The number of aryl methyl sites for hydroxylation is 2. The van der Waals surface area contributed by atoms with E-state index in [0.717, 1.165) is 33.2 Å². The van der Waals surface area contributed by atoms with Gasteiger partial charge in [-0.25, -0.2) is 29.1 Å². The molecule has 0 aliphatic rings. The van der Waals surface area contributed by atoms with Crippen molar-refractivity contribution in [3.63, 3.8) is 0 Å². The first-order valence-electron chi connectivity index (χ1n) is 11.5. The zero-order valence-electron chi connectivity index (χ0n) is 24.5. The number of rotatable bonds is 4. The molecule has 1 aromatic carbocycles. The Morgan fingerprint density at radius 1 is 0.489 bits per heavy atom. The van der Waals surface area contributed by atoms with Crippen molar-refractivity contribution < 1.29 is 92.9 Å². The second-order valence-corrected chi connectivity index (χ2v) is 8.13. The standard InChI is InChI=1S/C14H12N2.2C7H5NO4.6H2O.Pd/c1-9-3-5-11-7-8-12-6-4-10(2)16-14(12)13(11)15-9;2*9-6(10)4-2-1-3-8-5(4)7(11)12;;;;;;;/h3-8H,1-2H3;2*1-3H,(H,9,10)(H,11,12);6*1H2;/q;;;;;;;;;+2. The average Bonchev–Trinajstić information content (AvgIpc) is 2.93. The predicted molar refractivity (Wildman–Crippen MR) is 165 cm³/mol. The van der Waals surface area contributed by atoms with Gasteiger partial charge in [0.05, 0.1) is 22.2 Å². The summed E-state index contributed by atoms with van der Waals surface area (Å²) in [6.07, 6.45) is 2.46. The first-order valence-corrected chi connectivity index (χ1v) is 11.5. The maximum Gasteiger partial charge on any atom is 2.00 e. The number of benzene rings is 1. The summed E-state index contributed by atoms with van der Waals surface area (Å²) in [6, 6.07) is 17.6. The van der Waals surface area contributed by atoms with Gasteiger partial charge in [-0.3, -0.25) is 9.97 Å². The van der Waals surface area contributed by atoms with Crippen LogP contribution in [0.4, 0.5) is 0 Å². The van der Waals surface area contributed by atoms with Gasteiger partial charge in [-0.15, -0.1) is 0 Å². The minimum absolute atomic E-state index is 0. The van der Waals surface area contributed by atoms with Crippen LogP contribution in [0.2, 0.25) is 0 Å². The van der Waals surface area contributed by atoms with Gasteiger partial charge in [-0.05, 0) is 50.2 Å². The summed E-state index contributed by atoms with van der Waals surface area (Å²) >= 11 is 0. The molecule has 0 atom stereocenters. The largest absolute Gasteiger partial charge is 2.00 e. The molecule has 16 N–H and O–H groups in total. The number of carbonyl (C=O) groups is 4. The molecule has 0 bridgehead atoms. The van der Waals surface area contributed by atoms with Crippen LogP contribution in [0.1, 0.15) is 53.1 Å². The predicted octanol–water partition coefficient (Wildman–Crippen LogP) is -0.595. The molecule has 0 saturated heterocycles. The number of hydrogen-bond acceptors (Lipinski definition) is 8. The van der Waals surface area contributed by atoms with Gasteiger partial charge in [0.1, 0.15) is 0 Å². The molecule has 47 heavy (non-hydrogen) atoms. The summed E-state index contributed by atoms with van der Waals surface area (Å²) in [5, 5.41) is 36.3. The molecular formula is C28H34N4O14Pd+2. The van der Waals surface area contributed by atoms with E-state index in [1.165, 1.54) is 36.7 Å². The number of aromatic nitrogens is 4. The molecule has 0 aliphatic heterocycles. The minimum Gasteiger partial charge on any atom is -0.478 e. The van der Waals surface area contributed by atoms with Crippen LogP contribution < -0.4 is 0 Å². The molecule has 258 valence electrons. The Morgan fingerprint density at radius 2 is 0.787 bits per heavy atom. The number of carboxylic acid groups (broad SMARTS) is 4. The fourth-order valence-electron chi connectivity index (χ4n) is 3.46.